The van der Waals surface area contributed by atoms with E-state index in [0.29, 0.717) is 5.56 Å². The molecule has 0 aliphatic heterocycles. The number of rotatable bonds is 3. The third kappa shape index (κ3) is 2.48. The van der Waals surface area contributed by atoms with Crippen LogP contribution in [0.25, 0.3) is 0 Å². The Labute approximate surface area is 87.3 Å². The SMILES string of the molecule is C#C[C@](N)(Cc1ccc(O)cc1)C(=O)O. The van der Waals surface area contributed by atoms with Crippen molar-refractivity contribution in [3.8, 4) is 18.1 Å². The summed E-state index contributed by atoms with van der Waals surface area (Å²) in [6, 6.07) is 6.07. The quantitative estimate of drug-likeness (QED) is 0.622. The van der Waals surface area contributed by atoms with Gasteiger partial charge in [0.1, 0.15) is 5.75 Å². The fraction of sp³-hybridized carbons (Fsp3) is 0.182. The van der Waals surface area contributed by atoms with Crippen molar-refractivity contribution in [1.29, 1.82) is 0 Å². The van der Waals surface area contributed by atoms with Crippen LogP contribution in [0.4, 0.5) is 0 Å². The van der Waals surface area contributed by atoms with Crippen molar-refractivity contribution in [3.63, 3.8) is 0 Å². The van der Waals surface area contributed by atoms with Crippen molar-refractivity contribution in [3.05, 3.63) is 29.8 Å². The van der Waals surface area contributed by atoms with Crippen LogP contribution in [0.1, 0.15) is 5.56 Å². The van der Waals surface area contributed by atoms with Crippen LogP contribution in [0.3, 0.4) is 0 Å². The van der Waals surface area contributed by atoms with Gasteiger partial charge in [0, 0.05) is 6.42 Å². The molecular formula is C11H11NO3. The van der Waals surface area contributed by atoms with E-state index in [1.54, 1.807) is 12.1 Å². The van der Waals surface area contributed by atoms with E-state index in [4.69, 9.17) is 22.4 Å². The van der Waals surface area contributed by atoms with Gasteiger partial charge in [-0.05, 0) is 17.7 Å². The maximum absolute atomic E-state index is 10.8. The number of aliphatic carboxylic acids is 1. The summed E-state index contributed by atoms with van der Waals surface area (Å²) in [7, 11) is 0. The minimum atomic E-state index is -1.70. The van der Waals surface area contributed by atoms with Gasteiger partial charge in [-0.25, -0.2) is 4.79 Å². The number of phenolic OH excluding ortho intramolecular Hbond substituents is 1. The van der Waals surface area contributed by atoms with E-state index in [9.17, 15) is 4.79 Å². The summed E-state index contributed by atoms with van der Waals surface area (Å²) in [4.78, 5) is 10.8. The molecule has 4 N–H and O–H groups in total. The second-order valence-corrected chi connectivity index (χ2v) is 3.26. The second-order valence-electron chi connectivity index (χ2n) is 3.26. The minimum absolute atomic E-state index is 0.0269. The first-order chi connectivity index (χ1) is 6.98. The molecule has 1 aromatic carbocycles. The first kappa shape index (κ1) is 11.1. The summed E-state index contributed by atoms with van der Waals surface area (Å²) < 4.78 is 0. The molecular weight excluding hydrogens is 194 g/mol. The molecule has 0 aromatic heterocycles. The van der Waals surface area contributed by atoms with Gasteiger partial charge in [0.25, 0.3) is 0 Å². The van der Waals surface area contributed by atoms with Gasteiger partial charge < -0.3 is 15.9 Å². The molecule has 1 aromatic rings. The second kappa shape index (κ2) is 4.03. The smallest absolute Gasteiger partial charge is 0.336 e. The predicted octanol–water partition coefficient (Wildman–Crippen LogP) is 0.350. The summed E-state index contributed by atoms with van der Waals surface area (Å²) in [6.07, 6.45) is 5.11. The minimum Gasteiger partial charge on any atom is -0.508 e. The van der Waals surface area contributed by atoms with E-state index in [0.717, 1.165) is 0 Å². The summed E-state index contributed by atoms with van der Waals surface area (Å²) in [6.45, 7) is 0. The zero-order valence-corrected chi connectivity index (χ0v) is 7.97. The molecule has 0 heterocycles. The van der Waals surface area contributed by atoms with Crippen LogP contribution >= 0.6 is 0 Å². The maximum atomic E-state index is 10.8. The molecule has 0 aliphatic carbocycles. The van der Waals surface area contributed by atoms with Gasteiger partial charge in [-0.3, -0.25) is 0 Å². The topological polar surface area (TPSA) is 83.5 Å². The van der Waals surface area contributed by atoms with Crippen molar-refractivity contribution in [2.45, 2.75) is 12.0 Å². The molecule has 4 heteroatoms. The van der Waals surface area contributed by atoms with Crippen molar-refractivity contribution in [1.82, 2.24) is 0 Å². The average Bonchev–Trinajstić information content (AvgIpc) is 2.21. The van der Waals surface area contributed by atoms with Crippen molar-refractivity contribution in [2.75, 3.05) is 0 Å². The number of aromatic hydroxyl groups is 1. The molecule has 1 atom stereocenters. The Kier molecular flexibility index (Phi) is 2.98. The highest BCUT2D eigenvalue weighted by molar-refractivity contribution is 5.83. The van der Waals surface area contributed by atoms with Crippen LogP contribution in [0.2, 0.25) is 0 Å². The lowest BCUT2D eigenvalue weighted by Crippen LogP contribution is -2.48. The van der Waals surface area contributed by atoms with E-state index in [1.807, 2.05) is 0 Å². The molecule has 0 amide bonds. The molecule has 0 saturated carbocycles. The lowest BCUT2D eigenvalue weighted by atomic mass is 9.93. The van der Waals surface area contributed by atoms with Crippen LogP contribution < -0.4 is 5.73 Å². The van der Waals surface area contributed by atoms with E-state index in [-0.39, 0.29) is 12.2 Å². The fourth-order valence-electron chi connectivity index (χ4n) is 1.12. The number of hydrogen-bond acceptors (Lipinski definition) is 3. The average molecular weight is 205 g/mol. The highest BCUT2D eigenvalue weighted by Gasteiger charge is 2.31. The zero-order valence-electron chi connectivity index (χ0n) is 7.97. The van der Waals surface area contributed by atoms with Crippen molar-refractivity contribution in [2.24, 2.45) is 5.73 Å². The van der Waals surface area contributed by atoms with Crippen LogP contribution in [0.15, 0.2) is 24.3 Å². The Bertz CT molecular complexity index is 405. The molecule has 78 valence electrons. The highest BCUT2D eigenvalue weighted by Crippen LogP contribution is 2.14. The molecule has 0 unspecified atom stereocenters. The molecule has 0 bridgehead atoms. The van der Waals surface area contributed by atoms with Crippen LogP contribution in [0.5, 0.6) is 5.75 Å². The van der Waals surface area contributed by atoms with Gasteiger partial charge in [-0.2, -0.15) is 0 Å². The van der Waals surface area contributed by atoms with Crippen molar-refractivity contribution < 1.29 is 15.0 Å². The lowest BCUT2D eigenvalue weighted by molar-refractivity contribution is -0.141. The number of nitrogens with two attached hydrogens (primary N) is 1. The van der Waals surface area contributed by atoms with Gasteiger partial charge in [0.15, 0.2) is 5.54 Å². The standard InChI is InChI=1S/C11H11NO3/c1-2-11(12,10(14)15)7-8-3-5-9(13)6-4-8/h1,3-6,13H,7,12H2,(H,14,15)/t11-/m0/s1. The highest BCUT2D eigenvalue weighted by atomic mass is 16.4. The molecule has 0 spiro atoms. The number of carboxylic acid groups (broad SMARTS) is 1. The Morgan fingerprint density at radius 1 is 1.47 bits per heavy atom. The number of phenols is 1. The molecule has 4 nitrogen and oxygen atoms in total. The van der Waals surface area contributed by atoms with Gasteiger partial charge in [0.2, 0.25) is 0 Å². The first-order valence-corrected chi connectivity index (χ1v) is 4.26. The summed E-state index contributed by atoms with van der Waals surface area (Å²) >= 11 is 0. The third-order valence-electron chi connectivity index (χ3n) is 2.06. The molecule has 1 rings (SSSR count). The summed E-state index contributed by atoms with van der Waals surface area (Å²) in [5.74, 6) is 0.928. The van der Waals surface area contributed by atoms with Gasteiger partial charge in [-0.15, -0.1) is 6.42 Å². The number of carboxylic acids is 1. The lowest BCUT2D eigenvalue weighted by Gasteiger charge is -2.17. The van der Waals surface area contributed by atoms with Gasteiger partial charge >= 0.3 is 5.97 Å². The Balaban J connectivity index is 2.90. The Morgan fingerprint density at radius 2 is 2.00 bits per heavy atom. The Morgan fingerprint density at radius 3 is 2.40 bits per heavy atom. The molecule has 0 fully saturated rings. The Hall–Kier alpha value is -1.99. The van der Waals surface area contributed by atoms with E-state index >= 15 is 0 Å². The number of hydrogen-bond donors (Lipinski definition) is 3. The molecule has 0 aliphatic rings. The maximum Gasteiger partial charge on any atom is 0.336 e. The zero-order chi connectivity index (χ0) is 11.5. The molecule has 0 radical (unpaired) electrons. The van der Waals surface area contributed by atoms with Crippen molar-refractivity contribution >= 4 is 5.97 Å². The summed E-state index contributed by atoms with van der Waals surface area (Å²) in [5.41, 5.74) is 4.48. The van der Waals surface area contributed by atoms with Gasteiger partial charge in [-0.1, -0.05) is 18.1 Å². The normalized spacial score (nSPS) is 13.9. The van der Waals surface area contributed by atoms with E-state index < -0.39 is 11.5 Å². The first-order valence-electron chi connectivity index (χ1n) is 4.26. The molecule has 0 saturated heterocycles. The number of benzene rings is 1. The van der Waals surface area contributed by atoms with Crippen LogP contribution in [0, 0.1) is 12.3 Å². The third-order valence-corrected chi connectivity index (χ3v) is 2.06. The largest absolute Gasteiger partial charge is 0.508 e. The fourth-order valence-corrected chi connectivity index (χ4v) is 1.12. The van der Waals surface area contributed by atoms with Gasteiger partial charge in [0.05, 0.1) is 0 Å². The van der Waals surface area contributed by atoms with E-state index in [2.05, 4.69) is 5.92 Å². The monoisotopic (exact) mass is 205 g/mol. The van der Waals surface area contributed by atoms with Crippen LogP contribution in [-0.4, -0.2) is 21.7 Å². The van der Waals surface area contributed by atoms with E-state index in [1.165, 1.54) is 12.1 Å². The number of carbonyl (C=O) groups is 1. The molecule has 15 heavy (non-hydrogen) atoms. The summed E-state index contributed by atoms with van der Waals surface area (Å²) in [5, 5.41) is 17.9. The predicted molar refractivity (Wildman–Crippen MR) is 55.2 cm³/mol. The number of terminal acetylenes is 1. The van der Waals surface area contributed by atoms with Crippen LogP contribution in [-0.2, 0) is 11.2 Å².